The Morgan fingerprint density at radius 2 is 2.00 bits per heavy atom. The molecule has 2 heterocycles. The van der Waals surface area contributed by atoms with Gasteiger partial charge >= 0.3 is 0 Å². The number of sulfone groups is 1. The van der Waals surface area contributed by atoms with Crippen molar-refractivity contribution in [1.29, 1.82) is 0 Å². The molecule has 2 saturated heterocycles. The summed E-state index contributed by atoms with van der Waals surface area (Å²) in [4.78, 5) is 14.1. The van der Waals surface area contributed by atoms with Gasteiger partial charge in [-0.3, -0.25) is 4.79 Å². The third kappa shape index (κ3) is 2.54. The smallest absolute Gasteiger partial charge is 0.226 e. The Hall–Kier alpha value is -0.620. The molecule has 2 aliphatic rings. The van der Waals surface area contributed by atoms with Crippen LogP contribution in [0.5, 0.6) is 0 Å². The fourth-order valence-electron chi connectivity index (χ4n) is 2.86. The van der Waals surface area contributed by atoms with Crippen LogP contribution in [0.1, 0.15) is 26.7 Å². The van der Waals surface area contributed by atoms with Crippen molar-refractivity contribution in [2.24, 2.45) is 5.92 Å². The summed E-state index contributed by atoms with van der Waals surface area (Å²) in [5.74, 6) is 0.218. The SMILES string of the molecule is CCC(CC)C(=O)N1CCOC2CS(=O)(=O)CC21. The lowest BCUT2D eigenvalue weighted by molar-refractivity contribution is -0.147. The number of morpholine rings is 1. The quantitative estimate of drug-likeness (QED) is 0.750. The maximum Gasteiger partial charge on any atom is 0.226 e. The Bertz CT molecular complexity index is 416. The van der Waals surface area contributed by atoms with Crippen molar-refractivity contribution in [3.8, 4) is 0 Å². The maximum absolute atomic E-state index is 12.4. The van der Waals surface area contributed by atoms with E-state index in [0.29, 0.717) is 13.2 Å². The molecular weight excluding hydrogens is 254 g/mol. The number of amides is 1. The van der Waals surface area contributed by atoms with Gasteiger partial charge in [-0.15, -0.1) is 0 Å². The van der Waals surface area contributed by atoms with Gasteiger partial charge < -0.3 is 9.64 Å². The van der Waals surface area contributed by atoms with Gasteiger partial charge in [0, 0.05) is 12.5 Å². The standard InChI is InChI=1S/C12H21NO4S/c1-3-9(4-2)12(14)13-5-6-17-11-8-18(15,16)7-10(11)13/h9-11H,3-8H2,1-2H3. The molecule has 0 aromatic heterocycles. The molecule has 0 bridgehead atoms. The summed E-state index contributed by atoms with van der Waals surface area (Å²) in [6, 6.07) is -0.267. The number of carbonyl (C=O) groups is 1. The fraction of sp³-hybridized carbons (Fsp3) is 0.917. The molecule has 2 rings (SSSR count). The van der Waals surface area contributed by atoms with Crippen molar-refractivity contribution in [2.45, 2.75) is 38.8 Å². The maximum atomic E-state index is 12.4. The lowest BCUT2D eigenvalue weighted by Crippen LogP contribution is -2.54. The molecular formula is C12H21NO4S. The summed E-state index contributed by atoms with van der Waals surface area (Å²) in [6.07, 6.45) is 1.29. The third-order valence-electron chi connectivity index (χ3n) is 3.95. The van der Waals surface area contributed by atoms with Crippen LogP contribution in [0.25, 0.3) is 0 Å². The number of carbonyl (C=O) groups excluding carboxylic acids is 1. The first-order chi connectivity index (χ1) is 8.48. The third-order valence-corrected chi connectivity index (χ3v) is 5.64. The van der Waals surface area contributed by atoms with E-state index in [1.165, 1.54) is 0 Å². The summed E-state index contributed by atoms with van der Waals surface area (Å²) >= 11 is 0. The summed E-state index contributed by atoms with van der Waals surface area (Å²) in [5, 5.41) is 0. The molecule has 1 amide bonds. The van der Waals surface area contributed by atoms with Crippen LogP contribution in [0.15, 0.2) is 0 Å². The largest absolute Gasteiger partial charge is 0.373 e. The zero-order valence-corrected chi connectivity index (χ0v) is 11.8. The van der Waals surface area contributed by atoms with Crippen molar-refractivity contribution >= 4 is 15.7 Å². The zero-order chi connectivity index (χ0) is 13.3. The average molecular weight is 275 g/mol. The molecule has 0 radical (unpaired) electrons. The van der Waals surface area contributed by atoms with Crippen molar-refractivity contribution in [1.82, 2.24) is 4.90 Å². The van der Waals surface area contributed by atoms with E-state index in [9.17, 15) is 13.2 Å². The lowest BCUT2D eigenvalue weighted by atomic mass is 9.99. The number of fused-ring (bicyclic) bond motifs is 1. The highest BCUT2D eigenvalue weighted by atomic mass is 32.2. The Morgan fingerprint density at radius 1 is 1.33 bits per heavy atom. The predicted octanol–water partition coefficient (Wildman–Crippen LogP) is 0.447. The topological polar surface area (TPSA) is 63.7 Å². The van der Waals surface area contributed by atoms with Crippen LogP contribution in [0.4, 0.5) is 0 Å². The van der Waals surface area contributed by atoms with E-state index >= 15 is 0 Å². The van der Waals surface area contributed by atoms with Crippen LogP contribution < -0.4 is 0 Å². The lowest BCUT2D eigenvalue weighted by Gasteiger charge is -2.38. The number of nitrogens with zero attached hydrogens (tertiary/aromatic N) is 1. The molecule has 0 aromatic rings. The predicted molar refractivity (Wildman–Crippen MR) is 68.0 cm³/mol. The van der Waals surface area contributed by atoms with Gasteiger partial charge in [0.25, 0.3) is 0 Å². The van der Waals surface area contributed by atoms with Gasteiger partial charge in [0.2, 0.25) is 5.91 Å². The van der Waals surface area contributed by atoms with E-state index in [2.05, 4.69) is 0 Å². The van der Waals surface area contributed by atoms with Gasteiger partial charge in [0.05, 0.1) is 30.3 Å². The minimum absolute atomic E-state index is 0.00653. The van der Waals surface area contributed by atoms with Crippen LogP contribution >= 0.6 is 0 Å². The minimum Gasteiger partial charge on any atom is -0.373 e. The molecule has 0 spiro atoms. The Labute approximate surface area is 108 Å². The van der Waals surface area contributed by atoms with Gasteiger partial charge in [0.1, 0.15) is 0 Å². The highest BCUT2D eigenvalue weighted by molar-refractivity contribution is 7.91. The van der Waals surface area contributed by atoms with E-state index in [4.69, 9.17) is 4.74 Å². The van der Waals surface area contributed by atoms with Crippen LogP contribution in [-0.2, 0) is 19.4 Å². The summed E-state index contributed by atoms with van der Waals surface area (Å²) < 4.78 is 28.8. The zero-order valence-electron chi connectivity index (χ0n) is 11.0. The van der Waals surface area contributed by atoms with Gasteiger partial charge in [-0.05, 0) is 12.8 Å². The number of ether oxygens (including phenoxy) is 1. The molecule has 0 aliphatic carbocycles. The molecule has 0 N–H and O–H groups in total. The van der Waals surface area contributed by atoms with Crippen molar-refractivity contribution in [3.63, 3.8) is 0 Å². The van der Waals surface area contributed by atoms with Crippen molar-refractivity contribution in [2.75, 3.05) is 24.7 Å². The molecule has 0 aromatic carbocycles. The van der Waals surface area contributed by atoms with E-state index in [-0.39, 0.29) is 35.5 Å². The first kappa shape index (κ1) is 13.8. The van der Waals surface area contributed by atoms with Crippen molar-refractivity contribution < 1.29 is 17.9 Å². The van der Waals surface area contributed by atoms with Gasteiger partial charge in [-0.25, -0.2) is 8.42 Å². The first-order valence-corrected chi connectivity index (χ1v) is 8.43. The normalized spacial score (nSPS) is 30.5. The Kier molecular flexibility index (Phi) is 3.96. The second kappa shape index (κ2) is 5.17. The van der Waals surface area contributed by atoms with E-state index in [1.807, 2.05) is 13.8 Å². The van der Waals surface area contributed by atoms with Crippen LogP contribution in [-0.4, -0.2) is 56.0 Å². The van der Waals surface area contributed by atoms with Crippen LogP contribution in [0, 0.1) is 5.92 Å². The van der Waals surface area contributed by atoms with Crippen molar-refractivity contribution in [3.05, 3.63) is 0 Å². The van der Waals surface area contributed by atoms with Gasteiger partial charge in [-0.1, -0.05) is 13.8 Å². The molecule has 104 valence electrons. The molecule has 2 unspecified atom stereocenters. The Morgan fingerprint density at radius 3 is 2.61 bits per heavy atom. The molecule has 2 atom stereocenters. The summed E-state index contributed by atoms with van der Waals surface area (Å²) in [6.45, 7) is 4.96. The molecule has 0 saturated carbocycles. The molecule has 18 heavy (non-hydrogen) atoms. The minimum atomic E-state index is -3.05. The van der Waals surface area contributed by atoms with Gasteiger partial charge in [-0.2, -0.15) is 0 Å². The number of rotatable bonds is 3. The van der Waals surface area contributed by atoms with Crippen LogP contribution in [0.2, 0.25) is 0 Å². The highest BCUT2D eigenvalue weighted by Crippen LogP contribution is 2.27. The first-order valence-electron chi connectivity index (χ1n) is 6.61. The molecule has 5 nitrogen and oxygen atoms in total. The second-order valence-electron chi connectivity index (χ2n) is 5.10. The average Bonchev–Trinajstić information content (AvgIpc) is 2.63. The van der Waals surface area contributed by atoms with Crippen LogP contribution in [0.3, 0.4) is 0 Å². The monoisotopic (exact) mass is 275 g/mol. The van der Waals surface area contributed by atoms with E-state index in [1.54, 1.807) is 4.90 Å². The van der Waals surface area contributed by atoms with Gasteiger partial charge in [0.15, 0.2) is 9.84 Å². The second-order valence-corrected chi connectivity index (χ2v) is 7.25. The van der Waals surface area contributed by atoms with E-state index < -0.39 is 9.84 Å². The fourth-order valence-corrected chi connectivity index (χ4v) is 4.73. The van der Waals surface area contributed by atoms with E-state index in [0.717, 1.165) is 12.8 Å². The summed E-state index contributed by atoms with van der Waals surface area (Å²) in [7, 11) is -3.05. The number of hydrogen-bond acceptors (Lipinski definition) is 4. The highest BCUT2D eigenvalue weighted by Gasteiger charge is 2.46. The summed E-state index contributed by atoms with van der Waals surface area (Å²) in [5.41, 5.74) is 0. The molecule has 2 fully saturated rings. The number of hydrogen-bond donors (Lipinski definition) is 0. The molecule has 6 heteroatoms. The Balaban J connectivity index is 2.15. The molecule has 2 aliphatic heterocycles.